The van der Waals surface area contributed by atoms with Gasteiger partial charge in [0.25, 0.3) is 0 Å². The first-order valence-corrected chi connectivity index (χ1v) is 6.25. The highest BCUT2D eigenvalue weighted by Gasteiger charge is 2.47. The van der Waals surface area contributed by atoms with Crippen LogP contribution in [0.2, 0.25) is 0 Å². The van der Waals surface area contributed by atoms with E-state index in [0.29, 0.717) is 0 Å². The van der Waals surface area contributed by atoms with Gasteiger partial charge in [-0.1, -0.05) is 6.07 Å². The summed E-state index contributed by atoms with van der Waals surface area (Å²) in [6.07, 6.45) is 0.782. The van der Waals surface area contributed by atoms with Crippen LogP contribution in [-0.2, 0) is 0 Å². The monoisotopic (exact) mass is 246 g/mol. The van der Waals surface area contributed by atoms with Crippen LogP contribution < -0.4 is 10.1 Å². The molecule has 18 heavy (non-hydrogen) atoms. The number of hydrogen-bond donors (Lipinski definition) is 1. The minimum absolute atomic E-state index is 0.0572. The summed E-state index contributed by atoms with van der Waals surface area (Å²) < 4.78 is 6.07. The van der Waals surface area contributed by atoms with Crippen molar-refractivity contribution >= 4 is 6.03 Å². The molecule has 1 aromatic carbocycles. The quantitative estimate of drug-likeness (QED) is 0.764. The predicted octanol–water partition coefficient (Wildman–Crippen LogP) is 2.50. The van der Waals surface area contributed by atoms with Crippen LogP contribution in [0.25, 0.3) is 0 Å². The number of nitrogens with zero attached hydrogens (tertiary/aromatic N) is 1. The lowest BCUT2D eigenvalue weighted by Crippen LogP contribution is -2.63. The minimum Gasteiger partial charge on any atom is -0.468 e. The fourth-order valence-corrected chi connectivity index (χ4v) is 2.73. The summed E-state index contributed by atoms with van der Waals surface area (Å²) in [6.45, 7) is 6.13. The van der Waals surface area contributed by atoms with Crippen LogP contribution in [-0.4, -0.2) is 23.7 Å². The van der Waals surface area contributed by atoms with Crippen LogP contribution in [0.3, 0.4) is 0 Å². The standard InChI is InChI=1S/C14H18N2O2/c1-8-5-10-11-7-14(3,16(4)13(17)15-11)18-12(10)6-9(8)2/h5-6,11H,7H2,1-4H3,(H,15,17). The van der Waals surface area contributed by atoms with Crippen molar-refractivity contribution in [2.24, 2.45) is 0 Å². The van der Waals surface area contributed by atoms with Gasteiger partial charge >= 0.3 is 6.03 Å². The maximum absolute atomic E-state index is 11.9. The largest absolute Gasteiger partial charge is 0.468 e. The molecule has 4 nitrogen and oxygen atoms in total. The van der Waals surface area contributed by atoms with Gasteiger partial charge in [-0.05, 0) is 38.0 Å². The molecule has 4 heteroatoms. The molecular weight excluding hydrogens is 228 g/mol. The molecule has 0 spiro atoms. The molecule has 1 aromatic rings. The summed E-state index contributed by atoms with van der Waals surface area (Å²) in [7, 11) is 1.78. The lowest BCUT2D eigenvalue weighted by Gasteiger charge is -2.49. The topological polar surface area (TPSA) is 41.6 Å². The molecule has 1 saturated heterocycles. The molecule has 2 atom stereocenters. The molecule has 2 aliphatic heterocycles. The molecule has 2 amide bonds. The first-order valence-electron chi connectivity index (χ1n) is 6.25. The second-order valence-corrected chi connectivity index (χ2v) is 5.52. The Balaban J connectivity index is 2.14. The van der Waals surface area contributed by atoms with Gasteiger partial charge in [0.2, 0.25) is 0 Å². The third kappa shape index (κ3) is 1.41. The SMILES string of the molecule is Cc1cc2c(cc1C)C1CC(C)(O2)N(C)C(=O)N1. The Labute approximate surface area is 107 Å². The Morgan fingerprint density at radius 1 is 1.39 bits per heavy atom. The van der Waals surface area contributed by atoms with Crippen LogP contribution in [0.1, 0.15) is 36.1 Å². The molecule has 0 radical (unpaired) electrons. The van der Waals surface area contributed by atoms with Crippen molar-refractivity contribution in [2.45, 2.75) is 39.0 Å². The van der Waals surface area contributed by atoms with Gasteiger partial charge in [-0.15, -0.1) is 0 Å². The summed E-state index contributed by atoms with van der Waals surface area (Å²) in [5, 5.41) is 3.03. The molecule has 1 fully saturated rings. The minimum atomic E-state index is -0.540. The average Bonchev–Trinajstić information content (AvgIpc) is 2.29. The van der Waals surface area contributed by atoms with Gasteiger partial charge in [0.1, 0.15) is 5.75 Å². The summed E-state index contributed by atoms with van der Waals surface area (Å²) in [4.78, 5) is 13.5. The van der Waals surface area contributed by atoms with Crippen molar-refractivity contribution in [1.29, 1.82) is 0 Å². The van der Waals surface area contributed by atoms with Crippen LogP contribution >= 0.6 is 0 Å². The number of fused-ring (bicyclic) bond motifs is 4. The second-order valence-electron chi connectivity index (χ2n) is 5.52. The molecule has 0 aromatic heterocycles. The molecule has 2 bridgehead atoms. The van der Waals surface area contributed by atoms with Crippen molar-refractivity contribution in [3.05, 3.63) is 28.8 Å². The summed E-state index contributed by atoms with van der Waals surface area (Å²) in [5.41, 5.74) is 3.00. The van der Waals surface area contributed by atoms with E-state index in [-0.39, 0.29) is 12.1 Å². The Bertz CT molecular complexity index is 541. The van der Waals surface area contributed by atoms with Gasteiger partial charge in [0.05, 0.1) is 6.04 Å². The van der Waals surface area contributed by atoms with E-state index in [1.54, 1.807) is 11.9 Å². The Hall–Kier alpha value is -1.71. The molecule has 0 aliphatic carbocycles. The highest BCUT2D eigenvalue weighted by atomic mass is 16.5. The molecule has 2 unspecified atom stereocenters. The molecular formula is C14H18N2O2. The summed E-state index contributed by atoms with van der Waals surface area (Å²) >= 11 is 0. The number of ether oxygens (including phenoxy) is 1. The zero-order valence-corrected chi connectivity index (χ0v) is 11.2. The number of carbonyl (C=O) groups is 1. The fourth-order valence-electron chi connectivity index (χ4n) is 2.73. The first-order chi connectivity index (χ1) is 8.40. The van der Waals surface area contributed by atoms with E-state index < -0.39 is 5.72 Å². The van der Waals surface area contributed by atoms with Crippen molar-refractivity contribution in [3.8, 4) is 5.75 Å². The van der Waals surface area contributed by atoms with E-state index in [2.05, 4.69) is 31.3 Å². The number of amides is 2. The lowest BCUT2D eigenvalue weighted by atomic mass is 9.89. The highest BCUT2D eigenvalue weighted by Crippen LogP contribution is 2.44. The van der Waals surface area contributed by atoms with Crippen molar-refractivity contribution in [2.75, 3.05) is 7.05 Å². The summed E-state index contributed by atoms with van der Waals surface area (Å²) in [5.74, 6) is 0.892. The second kappa shape index (κ2) is 3.40. The molecule has 1 N–H and O–H groups in total. The van der Waals surface area contributed by atoms with Crippen molar-refractivity contribution < 1.29 is 9.53 Å². The molecule has 2 aliphatic rings. The maximum atomic E-state index is 11.9. The van der Waals surface area contributed by atoms with Gasteiger partial charge in [-0.25, -0.2) is 4.79 Å². The van der Waals surface area contributed by atoms with E-state index >= 15 is 0 Å². The van der Waals surface area contributed by atoms with E-state index in [9.17, 15) is 4.79 Å². The Morgan fingerprint density at radius 2 is 2.06 bits per heavy atom. The van der Waals surface area contributed by atoms with Gasteiger partial charge in [-0.3, -0.25) is 4.90 Å². The molecule has 2 heterocycles. The lowest BCUT2D eigenvalue weighted by molar-refractivity contribution is -0.0719. The van der Waals surface area contributed by atoms with Crippen LogP contribution in [0.4, 0.5) is 4.79 Å². The van der Waals surface area contributed by atoms with Gasteiger partial charge in [-0.2, -0.15) is 0 Å². The highest BCUT2D eigenvalue weighted by molar-refractivity contribution is 5.77. The van der Waals surface area contributed by atoms with Crippen molar-refractivity contribution in [1.82, 2.24) is 10.2 Å². The number of benzene rings is 1. The summed E-state index contributed by atoms with van der Waals surface area (Å²) in [6, 6.07) is 4.18. The number of carbonyl (C=O) groups excluding carboxylic acids is 1. The van der Waals surface area contributed by atoms with Crippen LogP contribution in [0, 0.1) is 13.8 Å². The normalized spacial score (nSPS) is 29.4. The predicted molar refractivity (Wildman–Crippen MR) is 68.6 cm³/mol. The average molecular weight is 246 g/mol. The fraction of sp³-hybridized carbons (Fsp3) is 0.500. The number of hydrogen-bond acceptors (Lipinski definition) is 2. The Kier molecular flexibility index (Phi) is 2.15. The van der Waals surface area contributed by atoms with Crippen LogP contribution in [0.5, 0.6) is 5.75 Å². The third-order valence-corrected chi connectivity index (χ3v) is 4.23. The Morgan fingerprint density at radius 3 is 2.78 bits per heavy atom. The van der Waals surface area contributed by atoms with E-state index in [4.69, 9.17) is 4.74 Å². The van der Waals surface area contributed by atoms with Gasteiger partial charge in [0, 0.05) is 19.0 Å². The maximum Gasteiger partial charge on any atom is 0.320 e. The number of nitrogens with one attached hydrogen (secondary N) is 1. The van der Waals surface area contributed by atoms with E-state index in [0.717, 1.165) is 17.7 Å². The first kappa shape index (κ1) is 11.4. The smallest absolute Gasteiger partial charge is 0.320 e. The van der Waals surface area contributed by atoms with Crippen LogP contribution in [0.15, 0.2) is 12.1 Å². The van der Waals surface area contributed by atoms with E-state index in [1.807, 2.05) is 6.92 Å². The van der Waals surface area contributed by atoms with Crippen molar-refractivity contribution in [3.63, 3.8) is 0 Å². The molecule has 0 saturated carbocycles. The van der Waals surface area contributed by atoms with Gasteiger partial charge in [0.15, 0.2) is 5.72 Å². The zero-order valence-electron chi connectivity index (χ0n) is 11.2. The van der Waals surface area contributed by atoms with Gasteiger partial charge < -0.3 is 10.1 Å². The number of aryl methyl sites for hydroxylation is 2. The third-order valence-electron chi connectivity index (χ3n) is 4.23. The number of urea groups is 1. The van der Waals surface area contributed by atoms with E-state index in [1.165, 1.54) is 11.1 Å². The number of rotatable bonds is 0. The zero-order chi connectivity index (χ0) is 13.1. The molecule has 3 rings (SSSR count). The molecule has 96 valence electrons.